The smallest absolute Gasteiger partial charge is 0.409 e. The van der Waals surface area contributed by atoms with Crippen molar-refractivity contribution in [3.63, 3.8) is 0 Å². The van der Waals surface area contributed by atoms with Gasteiger partial charge < -0.3 is 25.4 Å². The Balaban J connectivity index is 1.11. The second kappa shape index (κ2) is 8.56. The van der Waals surface area contributed by atoms with Crippen LogP contribution in [0.25, 0.3) is 0 Å². The lowest BCUT2D eigenvalue weighted by atomic mass is 9.96. The summed E-state index contributed by atoms with van der Waals surface area (Å²) in [5.41, 5.74) is 9.86. The Labute approximate surface area is 189 Å². The molecule has 3 aliphatic heterocycles. The number of hydrogen-bond donors (Lipinski definition) is 2. The van der Waals surface area contributed by atoms with Crippen LogP contribution in [0.1, 0.15) is 39.9 Å². The van der Waals surface area contributed by atoms with Crippen LogP contribution in [0.2, 0.25) is 0 Å². The molecule has 0 radical (unpaired) electrons. The second-order valence-corrected chi connectivity index (χ2v) is 9.67. The summed E-state index contributed by atoms with van der Waals surface area (Å²) >= 11 is 0. The van der Waals surface area contributed by atoms with Crippen molar-refractivity contribution < 1.29 is 19.1 Å². The van der Waals surface area contributed by atoms with Crippen molar-refractivity contribution in [3.05, 3.63) is 28.3 Å². The van der Waals surface area contributed by atoms with Crippen molar-refractivity contribution in [1.29, 1.82) is 0 Å². The fourth-order valence-corrected chi connectivity index (χ4v) is 6.18. The Hall–Kier alpha value is -2.32. The summed E-state index contributed by atoms with van der Waals surface area (Å²) in [5.74, 6) is 2.62. The molecule has 1 saturated carbocycles. The zero-order valence-electron chi connectivity index (χ0n) is 19.1. The summed E-state index contributed by atoms with van der Waals surface area (Å²) in [5, 5.41) is 3.18. The van der Waals surface area contributed by atoms with Crippen molar-refractivity contribution in [2.24, 2.45) is 23.5 Å². The van der Waals surface area contributed by atoms with Gasteiger partial charge in [-0.2, -0.15) is 0 Å². The maximum atomic E-state index is 13.0. The summed E-state index contributed by atoms with van der Waals surface area (Å²) in [6, 6.07) is 2.49. The number of carbonyl (C=O) groups excluding carboxylic acids is 2. The van der Waals surface area contributed by atoms with Gasteiger partial charge in [-0.3, -0.25) is 9.69 Å². The number of aryl methyl sites for hydroxylation is 1. The molecule has 3 N–H and O–H groups in total. The fraction of sp³-hybridized carbons (Fsp3) is 0.667. The third kappa shape index (κ3) is 3.73. The fourth-order valence-electron chi connectivity index (χ4n) is 6.18. The van der Waals surface area contributed by atoms with Gasteiger partial charge in [0.25, 0.3) is 5.91 Å². The van der Waals surface area contributed by atoms with Gasteiger partial charge in [-0.25, -0.2) is 4.79 Å². The molecule has 2 saturated heterocycles. The van der Waals surface area contributed by atoms with E-state index in [1.54, 1.807) is 4.90 Å². The van der Waals surface area contributed by atoms with Gasteiger partial charge in [-0.1, -0.05) is 0 Å². The predicted octanol–water partition coefficient (Wildman–Crippen LogP) is 1.53. The number of hydrogen-bond acceptors (Lipinski definition) is 6. The zero-order valence-corrected chi connectivity index (χ0v) is 19.1. The van der Waals surface area contributed by atoms with Gasteiger partial charge in [0.1, 0.15) is 5.75 Å². The predicted molar refractivity (Wildman–Crippen MR) is 120 cm³/mol. The first-order valence-electron chi connectivity index (χ1n) is 11.8. The molecule has 1 aromatic rings. The minimum Gasteiger partial charge on any atom is -0.492 e. The highest BCUT2D eigenvalue weighted by Gasteiger charge is 2.56. The van der Waals surface area contributed by atoms with Gasteiger partial charge in [0.2, 0.25) is 0 Å². The van der Waals surface area contributed by atoms with Crippen LogP contribution >= 0.6 is 0 Å². The van der Waals surface area contributed by atoms with Crippen LogP contribution in [0, 0.1) is 24.7 Å². The standard InChI is InChI=1S/C24H34N4O4/c1-14-9-17(22-16(5-8-32-22)18(14)10-25)23(29)26-11-19-20-12-28(13-21(19)20)15-3-6-27(7-4-15)24(30)31-2/h9,15,19-21H,3-8,10-13,25H2,1-2H3,(H,26,29). The quantitative estimate of drug-likeness (QED) is 0.718. The van der Waals surface area contributed by atoms with Crippen LogP contribution < -0.4 is 15.8 Å². The summed E-state index contributed by atoms with van der Waals surface area (Å²) in [4.78, 5) is 29.0. The highest BCUT2D eigenvalue weighted by Crippen LogP contribution is 2.52. The van der Waals surface area contributed by atoms with Crippen molar-refractivity contribution in [2.75, 3.05) is 46.4 Å². The normalized spacial score (nSPS) is 27.0. The summed E-state index contributed by atoms with van der Waals surface area (Å²) in [6.07, 6.45) is 2.64. The number of methoxy groups -OCH3 is 1. The number of nitrogens with two attached hydrogens (primary N) is 1. The molecule has 4 aliphatic rings. The molecule has 1 aliphatic carbocycles. The monoisotopic (exact) mass is 442 g/mol. The lowest BCUT2D eigenvalue weighted by molar-refractivity contribution is 0.0854. The molecular weight excluding hydrogens is 408 g/mol. The van der Waals surface area contributed by atoms with Crippen molar-refractivity contribution in [3.8, 4) is 5.75 Å². The number of amides is 2. The Kier molecular flexibility index (Phi) is 5.75. The maximum Gasteiger partial charge on any atom is 0.409 e. The molecule has 8 heteroatoms. The van der Waals surface area contributed by atoms with E-state index in [9.17, 15) is 9.59 Å². The number of ether oxygens (including phenoxy) is 2. The molecule has 0 bridgehead atoms. The number of piperidine rings is 2. The molecule has 0 spiro atoms. The molecule has 3 fully saturated rings. The van der Waals surface area contributed by atoms with E-state index in [0.29, 0.717) is 42.5 Å². The van der Waals surface area contributed by atoms with E-state index in [1.807, 2.05) is 13.0 Å². The molecule has 1 aromatic carbocycles. The SMILES string of the molecule is COC(=O)N1CCC(N2CC3C(CNC(=O)c4cc(C)c(CN)c5c4OCC5)C3C2)CC1. The molecule has 5 rings (SSSR count). The van der Waals surface area contributed by atoms with Gasteiger partial charge in [0, 0.05) is 57.3 Å². The van der Waals surface area contributed by atoms with Crippen LogP contribution in [0.5, 0.6) is 5.75 Å². The molecule has 3 heterocycles. The number of carbonyl (C=O) groups is 2. The number of nitrogens with zero attached hydrogens (tertiary/aromatic N) is 2. The second-order valence-electron chi connectivity index (χ2n) is 9.67. The molecule has 2 unspecified atom stereocenters. The minimum absolute atomic E-state index is 0.0353. The van der Waals surface area contributed by atoms with E-state index < -0.39 is 0 Å². The Morgan fingerprint density at radius 3 is 2.62 bits per heavy atom. The third-order valence-electron chi connectivity index (χ3n) is 8.08. The highest BCUT2D eigenvalue weighted by molar-refractivity contribution is 5.98. The molecule has 2 amide bonds. The zero-order chi connectivity index (χ0) is 22.4. The Bertz CT molecular complexity index is 900. The highest BCUT2D eigenvalue weighted by atomic mass is 16.5. The van der Waals surface area contributed by atoms with Crippen LogP contribution in [0.3, 0.4) is 0 Å². The average molecular weight is 443 g/mol. The number of rotatable bonds is 5. The van der Waals surface area contributed by atoms with E-state index >= 15 is 0 Å². The van der Waals surface area contributed by atoms with Gasteiger partial charge in [-0.15, -0.1) is 0 Å². The van der Waals surface area contributed by atoms with Crippen LogP contribution in [0.15, 0.2) is 6.07 Å². The molecule has 0 aromatic heterocycles. The van der Waals surface area contributed by atoms with Crippen LogP contribution in [-0.4, -0.2) is 74.3 Å². The third-order valence-corrected chi connectivity index (χ3v) is 8.08. The van der Waals surface area contributed by atoms with E-state index in [4.69, 9.17) is 15.2 Å². The maximum absolute atomic E-state index is 13.0. The summed E-state index contributed by atoms with van der Waals surface area (Å²) < 4.78 is 10.6. The van der Waals surface area contributed by atoms with Gasteiger partial charge in [-0.05, 0) is 54.7 Å². The summed E-state index contributed by atoms with van der Waals surface area (Å²) in [7, 11) is 1.44. The van der Waals surface area contributed by atoms with E-state index in [0.717, 1.165) is 74.4 Å². The van der Waals surface area contributed by atoms with Gasteiger partial charge in [0.05, 0.1) is 19.3 Å². The number of nitrogens with one attached hydrogen (secondary N) is 1. The first kappa shape index (κ1) is 21.5. The lowest BCUT2D eigenvalue weighted by Crippen LogP contribution is -2.47. The molecule has 2 atom stereocenters. The topological polar surface area (TPSA) is 97.1 Å². The van der Waals surface area contributed by atoms with Crippen molar-refractivity contribution >= 4 is 12.0 Å². The van der Waals surface area contributed by atoms with E-state index in [2.05, 4.69) is 10.2 Å². The molecular formula is C24H34N4O4. The van der Waals surface area contributed by atoms with Crippen molar-refractivity contribution in [2.45, 2.75) is 38.8 Å². The average Bonchev–Trinajstić information content (AvgIpc) is 3.17. The lowest BCUT2D eigenvalue weighted by Gasteiger charge is -2.37. The number of likely N-dealkylation sites (tertiary alicyclic amines) is 2. The van der Waals surface area contributed by atoms with Crippen LogP contribution in [0.4, 0.5) is 4.79 Å². The van der Waals surface area contributed by atoms with Gasteiger partial charge in [0.15, 0.2) is 0 Å². The van der Waals surface area contributed by atoms with E-state index in [-0.39, 0.29) is 12.0 Å². The first-order chi connectivity index (χ1) is 15.5. The molecule has 32 heavy (non-hydrogen) atoms. The largest absolute Gasteiger partial charge is 0.492 e. The first-order valence-corrected chi connectivity index (χ1v) is 11.8. The summed E-state index contributed by atoms with van der Waals surface area (Å²) in [6.45, 7) is 7.61. The number of benzene rings is 1. The van der Waals surface area contributed by atoms with Crippen molar-refractivity contribution in [1.82, 2.24) is 15.1 Å². The molecule has 174 valence electrons. The Morgan fingerprint density at radius 1 is 1.25 bits per heavy atom. The Morgan fingerprint density at radius 2 is 1.97 bits per heavy atom. The molecule has 8 nitrogen and oxygen atoms in total. The van der Waals surface area contributed by atoms with Crippen LogP contribution in [-0.2, 0) is 17.7 Å². The minimum atomic E-state index is -0.215. The van der Waals surface area contributed by atoms with E-state index in [1.165, 1.54) is 7.11 Å². The number of fused-ring (bicyclic) bond motifs is 2. The van der Waals surface area contributed by atoms with Gasteiger partial charge >= 0.3 is 6.09 Å².